The minimum Gasteiger partial charge on any atom is -0.388 e. The largest absolute Gasteiger partial charge is 0.388 e. The molecule has 0 saturated heterocycles. The van der Waals surface area contributed by atoms with Gasteiger partial charge in [0.1, 0.15) is 0 Å². The Morgan fingerprint density at radius 3 is 2.67 bits per heavy atom. The van der Waals surface area contributed by atoms with Gasteiger partial charge in [-0.3, -0.25) is 4.79 Å². The summed E-state index contributed by atoms with van der Waals surface area (Å²) in [6.45, 7) is 1.28. The third-order valence-electron chi connectivity index (χ3n) is 2.98. The Kier molecular flexibility index (Phi) is 5.05. The number of rotatable bonds is 6. The Hall–Kier alpha value is -0.610. The average molecular weight is 214 g/mol. The normalized spacial score (nSPS) is 19.1. The molecule has 15 heavy (non-hydrogen) atoms. The third kappa shape index (κ3) is 4.62. The fourth-order valence-corrected chi connectivity index (χ4v) is 1.99. The molecule has 0 spiro atoms. The number of hydrogen-bond acceptors (Lipinski definition) is 3. The predicted octanol–water partition coefficient (Wildman–Crippen LogP) is 0.407. The lowest BCUT2D eigenvalue weighted by atomic mass is 10.0. The lowest BCUT2D eigenvalue weighted by Crippen LogP contribution is -2.40. The molecule has 4 nitrogen and oxygen atoms in total. The number of amides is 1. The molecule has 0 heterocycles. The molecule has 0 aromatic rings. The molecule has 0 radical (unpaired) electrons. The van der Waals surface area contributed by atoms with E-state index in [4.69, 9.17) is 0 Å². The van der Waals surface area contributed by atoms with Gasteiger partial charge in [0, 0.05) is 13.0 Å². The first-order valence-corrected chi connectivity index (χ1v) is 5.80. The predicted molar refractivity (Wildman–Crippen MR) is 59.6 cm³/mol. The molecule has 88 valence electrons. The maximum absolute atomic E-state index is 11.4. The van der Waals surface area contributed by atoms with E-state index in [1.165, 1.54) is 0 Å². The Labute approximate surface area is 91.4 Å². The van der Waals surface area contributed by atoms with Gasteiger partial charge in [-0.2, -0.15) is 0 Å². The second-order valence-electron chi connectivity index (χ2n) is 4.42. The lowest BCUT2D eigenvalue weighted by Gasteiger charge is -2.22. The van der Waals surface area contributed by atoms with Crippen LogP contribution in [0.2, 0.25) is 0 Å². The van der Waals surface area contributed by atoms with E-state index in [1.54, 1.807) is 0 Å². The van der Waals surface area contributed by atoms with E-state index in [0.29, 0.717) is 13.0 Å². The molecule has 0 bridgehead atoms. The minimum absolute atomic E-state index is 0.0468. The van der Waals surface area contributed by atoms with Gasteiger partial charge in [0.2, 0.25) is 5.91 Å². The summed E-state index contributed by atoms with van der Waals surface area (Å²) in [4.78, 5) is 11.4. The van der Waals surface area contributed by atoms with Gasteiger partial charge in [0.05, 0.1) is 5.60 Å². The molecule has 1 amide bonds. The minimum atomic E-state index is -0.626. The van der Waals surface area contributed by atoms with E-state index in [1.807, 2.05) is 7.05 Å². The summed E-state index contributed by atoms with van der Waals surface area (Å²) in [6, 6.07) is 0. The molecule has 3 N–H and O–H groups in total. The highest BCUT2D eigenvalue weighted by Crippen LogP contribution is 2.28. The summed E-state index contributed by atoms with van der Waals surface area (Å²) in [5.74, 6) is 0.0468. The van der Waals surface area contributed by atoms with Gasteiger partial charge in [0.25, 0.3) is 0 Å². The maximum atomic E-state index is 11.4. The molecule has 0 atom stereocenters. The van der Waals surface area contributed by atoms with Crippen molar-refractivity contribution in [1.29, 1.82) is 0 Å². The molecule has 4 heteroatoms. The molecule has 1 saturated carbocycles. The maximum Gasteiger partial charge on any atom is 0.220 e. The van der Waals surface area contributed by atoms with Crippen LogP contribution in [0.5, 0.6) is 0 Å². The van der Waals surface area contributed by atoms with E-state index < -0.39 is 5.60 Å². The van der Waals surface area contributed by atoms with Gasteiger partial charge in [-0.15, -0.1) is 0 Å². The highest BCUT2D eigenvalue weighted by Gasteiger charge is 2.31. The lowest BCUT2D eigenvalue weighted by molar-refractivity contribution is -0.122. The zero-order valence-corrected chi connectivity index (χ0v) is 9.51. The Morgan fingerprint density at radius 1 is 1.40 bits per heavy atom. The van der Waals surface area contributed by atoms with Crippen LogP contribution in [0.1, 0.15) is 38.5 Å². The molecule has 0 aromatic heterocycles. The number of aliphatic hydroxyl groups is 1. The first-order valence-electron chi connectivity index (χ1n) is 5.80. The van der Waals surface area contributed by atoms with Gasteiger partial charge in [0.15, 0.2) is 0 Å². The Bertz CT molecular complexity index is 201. The number of hydrogen-bond donors (Lipinski definition) is 3. The quantitative estimate of drug-likeness (QED) is 0.561. The molecule has 0 aromatic carbocycles. The van der Waals surface area contributed by atoms with Crippen LogP contribution in [0, 0.1) is 0 Å². The smallest absolute Gasteiger partial charge is 0.220 e. The highest BCUT2D eigenvalue weighted by atomic mass is 16.3. The standard InChI is InChI=1S/C11H22N2O2/c1-12-8-4-5-10(14)13-9-11(15)6-2-3-7-11/h12,15H,2-9H2,1H3,(H,13,14). The van der Waals surface area contributed by atoms with E-state index in [9.17, 15) is 9.90 Å². The van der Waals surface area contributed by atoms with E-state index in [2.05, 4.69) is 10.6 Å². The fraction of sp³-hybridized carbons (Fsp3) is 0.909. The van der Waals surface area contributed by atoms with Crippen molar-refractivity contribution in [3.63, 3.8) is 0 Å². The molecular weight excluding hydrogens is 192 g/mol. The first-order chi connectivity index (χ1) is 7.16. The highest BCUT2D eigenvalue weighted by molar-refractivity contribution is 5.75. The van der Waals surface area contributed by atoms with Gasteiger partial charge in [-0.1, -0.05) is 12.8 Å². The second-order valence-corrected chi connectivity index (χ2v) is 4.42. The van der Waals surface area contributed by atoms with Crippen molar-refractivity contribution in [2.75, 3.05) is 20.1 Å². The zero-order valence-electron chi connectivity index (χ0n) is 9.51. The molecular formula is C11H22N2O2. The van der Waals surface area contributed by atoms with Crippen LogP contribution >= 0.6 is 0 Å². The van der Waals surface area contributed by atoms with Gasteiger partial charge >= 0.3 is 0 Å². The fourth-order valence-electron chi connectivity index (χ4n) is 1.99. The Morgan fingerprint density at radius 2 is 2.07 bits per heavy atom. The summed E-state index contributed by atoms with van der Waals surface area (Å²) in [5, 5.41) is 15.8. The molecule has 1 aliphatic rings. The van der Waals surface area contributed by atoms with Crippen molar-refractivity contribution in [1.82, 2.24) is 10.6 Å². The topological polar surface area (TPSA) is 61.4 Å². The molecule has 0 aliphatic heterocycles. The number of carbonyl (C=O) groups is 1. The van der Waals surface area contributed by atoms with Crippen molar-refractivity contribution in [3.8, 4) is 0 Å². The van der Waals surface area contributed by atoms with Crippen LogP contribution in [0.15, 0.2) is 0 Å². The van der Waals surface area contributed by atoms with Crippen LogP contribution in [-0.4, -0.2) is 36.8 Å². The number of carbonyl (C=O) groups excluding carboxylic acids is 1. The summed E-state index contributed by atoms with van der Waals surface area (Å²) in [7, 11) is 1.87. The SMILES string of the molecule is CNCCCC(=O)NCC1(O)CCCC1. The second kappa shape index (κ2) is 6.08. The van der Waals surface area contributed by atoms with Crippen molar-refractivity contribution < 1.29 is 9.90 Å². The zero-order chi connectivity index (χ0) is 11.1. The molecule has 0 unspecified atom stereocenters. The van der Waals surface area contributed by atoms with Crippen LogP contribution in [0.25, 0.3) is 0 Å². The van der Waals surface area contributed by atoms with Crippen molar-refractivity contribution >= 4 is 5.91 Å². The van der Waals surface area contributed by atoms with Gasteiger partial charge in [-0.05, 0) is 32.9 Å². The van der Waals surface area contributed by atoms with E-state index in [0.717, 1.165) is 38.6 Å². The average Bonchev–Trinajstić information content (AvgIpc) is 2.64. The monoisotopic (exact) mass is 214 g/mol. The summed E-state index contributed by atoms with van der Waals surface area (Å²) < 4.78 is 0. The molecule has 1 aliphatic carbocycles. The third-order valence-corrected chi connectivity index (χ3v) is 2.98. The van der Waals surface area contributed by atoms with E-state index >= 15 is 0 Å². The first kappa shape index (κ1) is 12.5. The summed E-state index contributed by atoms with van der Waals surface area (Å²) in [5.41, 5.74) is -0.626. The van der Waals surface area contributed by atoms with Gasteiger partial charge < -0.3 is 15.7 Å². The van der Waals surface area contributed by atoms with Gasteiger partial charge in [-0.25, -0.2) is 0 Å². The van der Waals surface area contributed by atoms with Crippen molar-refractivity contribution in [2.45, 2.75) is 44.1 Å². The summed E-state index contributed by atoms with van der Waals surface area (Å²) >= 11 is 0. The van der Waals surface area contributed by atoms with E-state index in [-0.39, 0.29) is 5.91 Å². The van der Waals surface area contributed by atoms with Crippen LogP contribution in [0.4, 0.5) is 0 Å². The summed E-state index contributed by atoms with van der Waals surface area (Å²) in [6.07, 6.45) is 5.18. The van der Waals surface area contributed by atoms with Crippen LogP contribution in [0.3, 0.4) is 0 Å². The molecule has 1 rings (SSSR count). The van der Waals surface area contributed by atoms with Crippen molar-refractivity contribution in [3.05, 3.63) is 0 Å². The Balaban J connectivity index is 2.10. The van der Waals surface area contributed by atoms with Crippen LogP contribution < -0.4 is 10.6 Å². The van der Waals surface area contributed by atoms with Crippen LogP contribution in [-0.2, 0) is 4.79 Å². The van der Waals surface area contributed by atoms with Crippen molar-refractivity contribution in [2.24, 2.45) is 0 Å². The number of nitrogens with one attached hydrogen (secondary N) is 2. The molecule has 1 fully saturated rings.